The largest absolute Gasteiger partial charge is 1.00 e. The van der Waals surface area contributed by atoms with E-state index < -0.39 is 0 Å². The lowest BCUT2D eigenvalue weighted by molar-refractivity contribution is -0.670. The Labute approximate surface area is 103 Å². The van der Waals surface area contributed by atoms with E-state index in [0.29, 0.717) is 6.61 Å². The summed E-state index contributed by atoms with van der Waals surface area (Å²) < 4.78 is 8.35. The van der Waals surface area contributed by atoms with Crippen molar-refractivity contribution in [3.05, 3.63) is 18.7 Å². The molecule has 1 rings (SSSR count). The van der Waals surface area contributed by atoms with Gasteiger partial charge in [-0.3, -0.25) is 0 Å². The summed E-state index contributed by atoms with van der Waals surface area (Å²) >= 11 is 0. The minimum absolute atomic E-state index is 0. The van der Waals surface area contributed by atoms with E-state index in [-0.39, 0.29) is 18.5 Å². The van der Waals surface area contributed by atoms with Gasteiger partial charge in [0.25, 0.3) is 6.33 Å². The van der Waals surface area contributed by atoms with E-state index in [1.54, 1.807) is 23.3 Å². The predicted octanol–water partition coefficient (Wildman–Crippen LogP) is -1.12. The first-order chi connectivity index (χ1) is 7.24. The third-order valence-electron chi connectivity index (χ3n) is 2.20. The summed E-state index contributed by atoms with van der Waals surface area (Å²) in [7, 11) is 1.87. The van der Waals surface area contributed by atoms with Crippen molar-refractivity contribution in [2.24, 2.45) is 7.05 Å². The molecule has 0 fully saturated rings. The van der Waals surface area contributed by atoms with Gasteiger partial charge in [0, 0.05) is 0 Å². The van der Waals surface area contributed by atoms with Crippen LogP contribution in [0.5, 0.6) is 0 Å². The SMILES string of the molecule is CCCCCCOC(=O)n1cc[n+](C)c1.[Cl-]. The molecular weight excluding hydrogens is 228 g/mol. The molecule has 0 aromatic carbocycles. The maximum atomic E-state index is 11.4. The lowest BCUT2D eigenvalue weighted by Crippen LogP contribution is -3.00. The predicted molar refractivity (Wildman–Crippen MR) is 56.5 cm³/mol. The Morgan fingerprint density at radius 2 is 2.12 bits per heavy atom. The Kier molecular flexibility index (Phi) is 7.64. The zero-order valence-electron chi connectivity index (χ0n) is 9.86. The molecule has 0 aliphatic heterocycles. The number of aryl methyl sites for hydroxylation is 1. The molecule has 0 radical (unpaired) electrons. The molecule has 0 saturated heterocycles. The van der Waals surface area contributed by atoms with Crippen LogP contribution in [0.1, 0.15) is 32.6 Å². The van der Waals surface area contributed by atoms with Crippen LogP contribution < -0.4 is 17.0 Å². The first-order valence-electron chi connectivity index (χ1n) is 5.44. The Morgan fingerprint density at radius 1 is 1.38 bits per heavy atom. The highest BCUT2D eigenvalue weighted by molar-refractivity contribution is 5.69. The van der Waals surface area contributed by atoms with Gasteiger partial charge in [0.05, 0.1) is 13.7 Å². The molecule has 0 unspecified atom stereocenters. The molecule has 92 valence electrons. The zero-order chi connectivity index (χ0) is 11.1. The number of carbonyl (C=O) groups excluding carboxylic acids is 1. The van der Waals surface area contributed by atoms with Crippen LogP contribution in [0.25, 0.3) is 0 Å². The molecule has 1 heterocycles. The molecular formula is C11H19ClN2O2. The molecule has 1 aromatic heterocycles. The molecule has 16 heavy (non-hydrogen) atoms. The van der Waals surface area contributed by atoms with E-state index >= 15 is 0 Å². The molecule has 1 aromatic rings. The second-order valence-electron chi connectivity index (χ2n) is 3.66. The monoisotopic (exact) mass is 246 g/mol. The highest BCUT2D eigenvalue weighted by Gasteiger charge is 2.12. The van der Waals surface area contributed by atoms with Crippen molar-refractivity contribution >= 4 is 6.09 Å². The van der Waals surface area contributed by atoms with Gasteiger partial charge in [0.1, 0.15) is 12.4 Å². The molecule has 0 spiro atoms. The van der Waals surface area contributed by atoms with Crippen molar-refractivity contribution in [2.75, 3.05) is 6.61 Å². The van der Waals surface area contributed by atoms with Crippen LogP contribution in [0.3, 0.4) is 0 Å². The van der Waals surface area contributed by atoms with Gasteiger partial charge < -0.3 is 17.1 Å². The summed E-state index contributed by atoms with van der Waals surface area (Å²) in [6, 6.07) is 0. The summed E-state index contributed by atoms with van der Waals surface area (Å²) in [6.07, 6.45) is 9.36. The lowest BCUT2D eigenvalue weighted by atomic mass is 10.2. The molecule has 0 atom stereocenters. The van der Waals surface area contributed by atoms with Crippen molar-refractivity contribution < 1.29 is 26.5 Å². The van der Waals surface area contributed by atoms with Gasteiger partial charge in [-0.05, 0) is 6.42 Å². The summed E-state index contributed by atoms with van der Waals surface area (Å²) in [5.41, 5.74) is 0. The molecule has 0 aliphatic carbocycles. The van der Waals surface area contributed by atoms with E-state index in [4.69, 9.17) is 4.74 Å². The normalized spacial score (nSPS) is 9.62. The van der Waals surface area contributed by atoms with Crippen LogP contribution in [0, 0.1) is 0 Å². The van der Waals surface area contributed by atoms with Crippen LogP contribution in [-0.2, 0) is 11.8 Å². The average Bonchev–Trinajstić information content (AvgIpc) is 2.64. The van der Waals surface area contributed by atoms with Crippen LogP contribution >= 0.6 is 0 Å². The quantitative estimate of drug-likeness (QED) is 0.488. The Hall–Kier alpha value is -1.03. The van der Waals surface area contributed by atoms with Gasteiger partial charge in [-0.15, -0.1) is 4.57 Å². The molecule has 5 heteroatoms. The van der Waals surface area contributed by atoms with Gasteiger partial charge in [-0.25, -0.2) is 4.57 Å². The number of unbranched alkanes of at least 4 members (excludes halogenated alkanes) is 3. The van der Waals surface area contributed by atoms with Crippen LogP contribution in [-0.4, -0.2) is 17.3 Å². The minimum Gasteiger partial charge on any atom is -1.00 e. The van der Waals surface area contributed by atoms with Crippen molar-refractivity contribution in [1.82, 2.24) is 4.57 Å². The third kappa shape index (κ3) is 5.16. The summed E-state index contributed by atoms with van der Waals surface area (Å²) in [5, 5.41) is 0. The Morgan fingerprint density at radius 3 is 2.69 bits per heavy atom. The molecule has 0 aliphatic rings. The highest BCUT2D eigenvalue weighted by atomic mass is 35.5. The van der Waals surface area contributed by atoms with E-state index in [9.17, 15) is 4.79 Å². The fraction of sp³-hybridized carbons (Fsp3) is 0.636. The summed E-state index contributed by atoms with van der Waals surface area (Å²) in [5.74, 6) is 0. The van der Waals surface area contributed by atoms with Crippen LogP contribution in [0.15, 0.2) is 18.7 Å². The molecule has 0 bridgehead atoms. The maximum Gasteiger partial charge on any atom is 0.511 e. The van der Waals surface area contributed by atoms with Crippen molar-refractivity contribution in [3.8, 4) is 0 Å². The first-order valence-corrected chi connectivity index (χ1v) is 5.44. The number of ether oxygens (including phenoxy) is 1. The zero-order valence-corrected chi connectivity index (χ0v) is 10.6. The van der Waals surface area contributed by atoms with Gasteiger partial charge in [-0.1, -0.05) is 26.2 Å². The number of nitrogens with zero attached hydrogens (tertiary/aromatic N) is 2. The number of hydrogen-bond acceptors (Lipinski definition) is 2. The average molecular weight is 247 g/mol. The Bertz CT molecular complexity index is 313. The topological polar surface area (TPSA) is 35.1 Å². The maximum absolute atomic E-state index is 11.4. The molecule has 0 N–H and O–H groups in total. The van der Waals surface area contributed by atoms with Gasteiger partial charge >= 0.3 is 6.09 Å². The van der Waals surface area contributed by atoms with E-state index in [1.807, 2.05) is 7.05 Å². The van der Waals surface area contributed by atoms with Crippen LogP contribution in [0.2, 0.25) is 0 Å². The number of rotatable bonds is 5. The molecule has 4 nitrogen and oxygen atoms in total. The number of hydrogen-bond donors (Lipinski definition) is 0. The fourth-order valence-electron chi connectivity index (χ4n) is 1.32. The lowest BCUT2D eigenvalue weighted by Gasteiger charge is -2.00. The van der Waals surface area contributed by atoms with Crippen LogP contribution in [0.4, 0.5) is 4.79 Å². The Balaban J connectivity index is 0.00000225. The highest BCUT2D eigenvalue weighted by Crippen LogP contribution is 1.99. The van der Waals surface area contributed by atoms with Crippen molar-refractivity contribution in [2.45, 2.75) is 32.6 Å². The third-order valence-corrected chi connectivity index (χ3v) is 2.20. The van der Waals surface area contributed by atoms with Gasteiger partial charge in [0.2, 0.25) is 0 Å². The van der Waals surface area contributed by atoms with E-state index in [0.717, 1.165) is 12.8 Å². The van der Waals surface area contributed by atoms with Crippen molar-refractivity contribution in [1.29, 1.82) is 0 Å². The standard InChI is InChI=1S/C11H19N2O2.ClH/c1-3-4-5-6-9-15-11(14)13-8-7-12(2)10-13;/h7-8,10H,3-6,9H2,1-2H3;1H/q+1;/p-1. The summed E-state index contributed by atoms with van der Waals surface area (Å²) in [4.78, 5) is 11.4. The number of imidazole rings is 1. The van der Waals surface area contributed by atoms with Crippen molar-refractivity contribution in [3.63, 3.8) is 0 Å². The van der Waals surface area contributed by atoms with E-state index in [1.165, 1.54) is 17.4 Å². The smallest absolute Gasteiger partial charge is 0.511 e. The molecule has 0 saturated carbocycles. The van der Waals surface area contributed by atoms with Gasteiger partial charge in [0.15, 0.2) is 0 Å². The second kappa shape index (κ2) is 8.16. The van der Waals surface area contributed by atoms with E-state index in [2.05, 4.69) is 6.92 Å². The minimum atomic E-state index is -0.299. The number of aromatic nitrogens is 2. The number of halogens is 1. The number of carbonyl (C=O) groups is 1. The second-order valence-corrected chi connectivity index (χ2v) is 3.66. The first kappa shape index (κ1) is 15.0. The fourth-order valence-corrected chi connectivity index (χ4v) is 1.32. The molecule has 0 amide bonds. The summed E-state index contributed by atoms with van der Waals surface area (Å²) in [6.45, 7) is 2.67. The van der Waals surface area contributed by atoms with Gasteiger partial charge in [-0.2, -0.15) is 4.79 Å².